The van der Waals surface area contributed by atoms with Gasteiger partial charge in [0, 0.05) is 24.4 Å². The Bertz CT molecular complexity index is 572. The second kappa shape index (κ2) is 7.91. The summed E-state index contributed by atoms with van der Waals surface area (Å²) in [5, 5.41) is 0. The number of nitrogens with zero attached hydrogens (tertiary/aromatic N) is 2. The van der Waals surface area contributed by atoms with Crippen molar-refractivity contribution in [3.05, 3.63) is 0 Å². The number of carbonyl (C=O) groups excluding carboxylic acids is 1. The first-order valence-corrected chi connectivity index (χ1v) is 10.9. The van der Waals surface area contributed by atoms with E-state index in [0.29, 0.717) is 19.7 Å². The van der Waals surface area contributed by atoms with Crippen molar-refractivity contribution in [2.75, 3.05) is 19.7 Å². The van der Waals surface area contributed by atoms with Crippen LogP contribution in [0.3, 0.4) is 0 Å². The van der Waals surface area contributed by atoms with Crippen molar-refractivity contribution in [2.24, 2.45) is 15.7 Å². The van der Waals surface area contributed by atoms with Gasteiger partial charge in [0.1, 0.15) is 21.7 Å². The molecule has 0 bridgehead atoms. The molecular formula is C20H36N2O4S. The van der Waals surface area contributed by atoms with Crippen molar-refractivity contribution in [1.82, 2.24) is 4.90 Å². The van der Waals surface area contributed by atoms with E-state index in [1.807, 2.05) is 48.5 Å². The van der Waals surface area contributed by atoms with Gasteiger partial charge in [-0.05, 0) is 68.2 Å². The number of hydrogen-bond acceptors (Lipinski definition) is 5. The third-order valence-electron chi connectivity index (χ3n) is 5.37. The van der Waals surface area contributed by atoms with Gasteiger partial charge in [-0.1, -0.05) is 4.40 Å². The fraction of sp³-hybridized carbons (Fsp3) is 0.900. The molecule has 0 saturated carbocycles. The third kappa shape index (κ3) is 5.39. The minimum absolute atomic E-state index is 0.0406. The second-order valence-corrected chi connectivity index (χ2v) is 11.8. The van der Waals surface area contributed by atoms with E-state index in [0.717, 1.165) is 18.6 Å². The van der Waals surface area contributed by atoms with Gasteiger partial charge in [0.15, 0.2) is 0 Å². The Balaban J connectivity index is 2.11. The number of rotatable bonds is 2. The molecule has 3 atom stereocenters. The Hall–Kier alpha value is -0.790. The van der Waals surface area contributed by atoms with E-state index in [4.69, 9.17) is 9.47 Å². The molecule has 2 fully saturated rings. The predicted octanol–water partition coefficient (Wildman–Crippen LogP) is 3.96. The van der Waals surface area contributed by atoms with Gasteiger partial charge in [-0.25, -0.2) is 4.79 Å². The van der Waals surface area contributed by atoms with Crippen LogP contribution in [-0.4, -0.2) is 57.4 Å². The third-order valence-corrected chi connectivity index (χ3v) is 6.88. The lowest BCUT2D eigenvalue weighted by molar-refractivity contribution is 0.00635. The topological polar surface area (TPSA) is 74.2 Å². The van der Waals surface area contributed by atoms with Gasteiger partial charge in [-0.15, -0.1) is 0 Å². The molecule has 0 aromatic carbocycles. The van der Waals surface area contributed by atoms with Gasteiger partial charge < -0.3 is 18.9 Å². The van der Waals surface area contributed by atoms with Crippen LogP contribution in [0.4, 0.5) is 4.79 Å². The first-order chi connectivity index (χ1) is 12.3. The van der Waals surface area contributed by atoms with Crippen LogP contribution in [0.25, 0.3) is 0 Å². The normalized spacial score (nSPS) is 27.7. The summed E-state index contributed by atoms with van der Waals surface area (Å²) in [6.45, 7) is 17.5. The van der Waals surface area contributed by atoms with Crippen LogP contribution in [0.1, 0.15) is 68.2 Å². The van der Waals surface area contributed by atoms with Crippen molar-refractivity contribution in [3.63, 3.8) is 0 Å². The number of piperidine rings is 1. The van der Waals surface area contributed by atoms with Crippen molar-refractivity contribution in [3.8, 4) is 0 Å². The largest absolute Gasteiger partial charge is 0.591 e. The lowest BCUT2D eigenvalue weighted by Gasteiger charge is -2.42. The number of carbonyl (C=O) groups is 1. The van der Waals surface area contributed by atoms with Crippen molar-refractivity contribution in [2.45, 2.75) is 84.7 Å². The highest BCUT2D eigenvalue weighted by Gasteiger charge is 2.52. The smallest absolute Gasteiger partial charge is 0.410 e. The van der Waals surface area contributed by atoms with Crippen molar-refractivity contribution < 1.29 is 18.8 Å². The Morgan fingerprint density at radius 1 is 1.22 bits per heavy atom. The van der Waals surface area contributed by atoms with E-state index in [2.05, 4.69) is 11.3 Å². The lowest BCUT2D eigenvalue weighted by Crippen LogP contribution is -2.49. The average molecular weight is 401 g/mol. The van der Waals surface area contributed by atoms with E-state index < -0.39 is 17.0 Å². The molecule has 0 N–H and O–H groups in total. The zero-order valence-electron chi connectivity index (χ0n) is 18.1. The molecule has 7 heteroatoms. The summed E-state index contributed by atoms with van der Waals surface area (Å²) in [5.74, 6) is 0.129. The molecule has 0 radical (unpaired) electrons. The standard InChI is InChI=1S/C20H36N2O4S/c1-14(21-27(24)19(6,7)8)16-15(2)25-13-20(16)9-11-22(12-10-20)17(23)26-18(3,4)5/h15-16H,9-13H2,1-8H3/b21-14+/t15-,16?,27?/m0/s1. The zero-order valence-corrected chi connectivity index (χ0v) is 18.9. The van der Waals surface area contributed by atoms with Crippen molar-refractivity contribution in [1.29, 1.82) is 0 Å². The molecule has 6 nitrogen and oxygen atoms in total. The average Bonchev–Trinajstić information content (AvgIpc) is 2.81. The SMILES string of the molecule is C/C(=N\[S+]([O-])C(C)(C)C)C1[C@H](C)OCC12CCN(C(=O)OC(C)(C)C)CC2. The van der Waals surface area contributed by atoms with Crippen LogP contribution in [0, 0.1) is 11.3 Å². The molecule has 1 amide bonds. The maximum atomic E-state index is 12.5. The monoisotopic (exact) mass is 400 g/mol. The molecule has 1 spiro atoms. The highest BCUT2D eigenvalue weighted by molar-refractivity contribution is 7.91. The Morgan fingerprint density at radius 3 is 2.26 bits per heavy atom. The van der Waals surface area contributed by atoms with Gasteiger partial charge in [-0.3, -0.25) is 0 Å². The van der Waals surface area contributed by atoms with E-state index in [1.54, 1.807) is 4.90 Å². The van der Waals surface area contributed by atoms with Crippen LogP contribution >= 0.6 is 0 Å². The van der Waals surface area contributed by atoms with E-state index >= 15 is 0 Å². The molecule has 2 aliphatic rings. The fourth-order valence-corrected chi connectivity index (χ4v) is 4.65. The molecule has 0 aliphatic carbocycles. The molecule has 156 valence electrons. The highest BCUT2D eigenvalue weighted by atomic mass is 32.2. The van der Waals surface area contributed by atoms with Crippen LogP contribution in [0.15, 0.2) is 4.40 Å². The van der Waals surface area contributed by atoms with Crippen LogP contribution < -0.4 is 0 Å². The maximum Gasteiger partial charge on any atom is 0.410 e. The van der Waals surface area contributed by atoms with Gasteiger partial charge in [0.05, 0.1) is 18.4 Å². The number of amides is 1. The summed E-state index contributed by atoms with van der Waals surface area (Å²) in [6.07, 6.45) is 1.48. The molecule has 2 saturated heterocycles. The first-order valence-electron chi connectivity index (χ1n) is 9.82. The van der Waals surface area contributed by atoms with Crippen LogP contribution in [-0.2, 0) is 20.8 Å². The molecule has 0 aromatic rings. The number of hydrogen-bond donors (Lipinski definition) is 0. The van der Waals surface area contributed by atoms with Crippen LogP contribution in [0.5, 0.6) is 0 Å². The predicted molar refractivity (Wildman–Crippen MR) is 109 cm³/mol. The van der Waals surface area contributed by atoms with Crippen molar-refractivity contribution >= 4 is 23.2 Å². The Labute approximate surface area is 167 Å². The molecule has 2 aliphatic heterocycles. The Morgan fingerprint density at radius 2 is 1.78 bits per heavy atom. The summed E-state index contributed by atoms with van der Waals surface area (Å²) in [4.78, 5) is 14.1. The van der Waals surface area contributed by atoms with Gasteiger partial charge in [0.25, 0.3) is 0 Å². The molecular weight excluding hydrogens is 364 g/mol. The fourth-order valence-electron chi connectivity index (χ4n) is 4.01. The Kier molecular flexibility index (Phi) is 6.59. The molecule has 27 heavy (non-hydrogen) atoms. The summed E-state index contributed by atoms with van der Waals surface area (Å²) in [7, 11) is 0. The zero-order chi connectivity index (χ0) is 20.6. The van der Waals surface area contributed by atoms with Crippen LogP contribution in [0.2, 0.25) is 0 Å². The molecule has 2 heterocycles. The quantitative estimate of drug-likeness (QED) is 0.519. The first kappa shape index (κ1) is 22.5. The summed E-state index contributed by atoms with van der Waals surface area (Å²) < 4.78 is 28.2. The number of likely N-dealkylation sites (tertiary alicyclic amines) is 1. The number of ether oxygens (including phenoxy) is 2. The molecule has 0 aromatic heterocycles. The summed E-state index contributed by atoms with van der Waals surface area (Å²) in [6, 6.07) is 0. The summed E-state index contributed by atoms with van der Waals surface area (Å²) in [5.41, 5.74) is 0.368. The molecule has 2 rings (SSSR count). The van der Waals surface area contributed by atoms with E-state index in [9.17, 15) is 9.35 Å². The minimum atomic E-state index is -1.28. The minimum Gasteiger partial charge on any atom is -0.591 e. The van der Waals surface area contributed by atoms with Gasteiger partial charge >= 0.3 is 6.09 Å². The van der Waals surface area contributed by atoms with E-state index in [-0.39, 0.29) is 28.3 Å². The van der Waals surface area contributed by atoms with Gasteiger partial charge in [0.2, 0.25) is 0 Å². The molecule has 2 unspecified atom stereocenters. The van der Waals surface area contributed by atoms with E-state index in [1.165, 1.54) is 0 Å². The van der Waals surface area contributed by atoms with Gasteiger partial charge in [-0.2, -0.15) is 0 Å². The summed E-state index contributed by atoms with van der Waals surface area (Å²) >= 11 is -1.28. The second-order valence-electron chi connectivity index (χ2n) is 9.92. The lowest BCUT2D eigenvalue weighted by atomic mass is 9.67. The maximum absolute atomic E-state index is 12.5. The highest BCUT2D eigenvalue weighted by Crippen LogP contribution is 2.47.